The van der Waals surface area contributed by atoms with E-state index < -0.39 is 5.97 Å². The number of benzene rings is 1. The molecule has 1 aromatic rings. The molecule has 0 bridgehead atoms. The summed E-state index contributed by atoms with van der Waals surface area (Å²) in [5.41, 5.74) is 0.597. The molecule has 2 rings (SSSR count). The number of methoxy groups -OCH3 is 1. The van der Waals surface area contributed by atoms with Crippen molar-refractivity contribution in [2.24, 2.45) is 4.99 Å². The van der Waals surface area contributed by atoms with Crippen LogP contribution in [-0.2, 0) is 14.3 Å². The van der Waals surface area contributed by atoms with Crippen molar-refractivity contribution in [1.82, 2.24) is 0 Å². The predicted octanol–water partition coefficient (Wildman–Crippen LogP) is 5.04. The largest absolute Gasteiger partial charge is 0.506 e. The Balaban J connectivity index is 2.52. The number of amides is 1. The zero-order valence-corrected chi connectivity index (χ0v) is 19.7. The number of aliphatic imine (C=N–C) groups is 1. The van der Waals surface area contributed by atoms with Crippen molar-refractivity contribution >= 4 is 50.7 Å². The third-order valence-electron chi connectivity index (χ3n) is 3.89. The Labute approximate surface area is 188 Å². The summed E-state index contributed by atoms with van der Waals surface area (Å²) in [7, 11) is 1.55. The third kappa shape index (κ3) is 5.66. The van der Waals surface area contributed by atoms with Crippen molar-refractivity contribution in [3.63, 3.8) is 0 Å². The minimum Gasteiger partial charge on any atom is -0.506 e. The number of carbonyl (C=O) groups excluding carboxylic acids is 2. The molecule has 0 unspecified atom stereocenters. The van der Waals surface area contributed by atoms with Crippen LogP contribution in [0.15, 0.2) is 37.8 Å². The molecule has 0 fully saturated rings. The molecule has 0 aromatic heterocycles. The van der Waals surface area contributed by atoms with Gasteiger partial charge >= 0.3 is 5.97 Å². The van der Waals surface area contributed by atoms with Crippen molar-refractivity contribution in [3.8, 4) is 11.5 Å². The van der Waals surface area contributed by atoms with E-state index in [9.17, 15) is 14.7 Å². The molecular formula is C21H24BrNO6S. The van der Waals surface area contributed by atoms with Crippen LogP contribution >= 0.6 is 27.7 Å². The van der Waals surface area contributed by atoms with Crippen molar-refractivity contribution in [3.05, 3.63) is 38.4 Å². The number of carbonyl (C=O) groups is 2. The summed E-state index contributed by atoms with van der Waals surface area (Å²) in [6, 6.07) is 3.55. The second-order valence-electron chi connectivity index (χ2n) is 6.08. The number of nitrogens with zero attached hydrogens (tertiary/aromatic N) is 1. The number of halogens is 1. The fourth-order valence-corrected chi connectivity index (χ4v) is 4.31. The Morgan fingerprint density at radius 2 is 1.97 bits per heavy atom. The summed E-state index contributed by atoms with van der Waals surface area (Å²) < 4.78 is 16.7. The van der Waals surface area contributed by atoms with Crippen LogP contribution in [0.1, 0.15) is 39.2 Å². The first-order chi connectivity index (χ1) is 14.4. The summed E-state index contributed by atoms with van der Waals surface area (Å²) in [5.74, 6) is -0.268. The molecule has 0 radical (unpaired) electrons. The standard InChI is InChI=1S/C21H24BrNO6S/c1-5-8-16(24)23-20-17(21(26)29-7-3)18(25)15(30-20)11-12-9-13(22)19(27-4)14(10-12)28-6-2/h9-11,25H,5-8H2,1-4H3/b15-11-,23-20?. The van der Waals surface area contributed by atoms with Crippen LogP contribution in [-0.4, -0.2) is 42.4 Å². The van der Waals surface area contributed by atoms with Crippen LogP contribution in [0.2, 0.25) is 0 Å². The highest BCUT2D eigenvalue weighted by atomic mass is 79.9. The molecule has 7 nitrogen and oxygen atoms in total. The van der Waals surface area contributed by atoms with Gasteiger partial charge in [-0.25, -0.2) is 9.79 Å². The van der Waals surface area contributed by atoms with E-state index in [1.807, 2.05) is 13.8 Å². The number of thioether (sulfide) groups is 1. The van der Waals surface area contributed by atoms with Gasteiger partial charge in [-0.15, -0.1) is 0 Å². The molecule has 0 saturated heterocycles. The Hall–Kier alpha value is -2.26. The SMILES string of the molecule is CCCC(=O)N=C1S/C(=C\c2cc(Br)c(OC)c(OCC)c2)C(O)=C1C(=O)OCC. The van der Waals surface area contributed by atoms with Crippen molar-refractivity contribution in [2.45, 2.75) is 33.6 Å². The Kier molecular flexibility index (Phi) is 8.98. The van der Waals surface area contributed by atoms with Crippen LogP contribution in [0.25, 0.3) is 6.08 Å². The van der Waals surface area contributed by atoms with Gasteiger partial charge in [0, 0.05) is 6.42 Å². The topological polar surface area (TPSA) is 94.4 Å². The van der Waals surface area contributed by atoms with Crippen LogP contribution in [0.3, 0.4) is 0 Å². The Morgan fingerprint density at radius 3 is 2.57 bits per heavy atom. The second kappa shape index (κ2) is 11.2. The zero-order valence-electron chi connectivity index (χ0n) is 17.3. The summed E-state index contributed by atoms with van der Waals surface area (Å²) in [6.45, 7) is 5.98. The zero-order chi connectivity index (χ0) is 22.3. The lowest BCUT2D eigenvalue weighted by Crippen LogP contribution is -2.14. The van der Waals surface area contributed by atoms with E-state index in [1.54, 1.807) is 32.2 Å². The summed E-state index contributed by atoms with van der Waals surface area (Å²) in [5, 5.41) is 10.8. The van der Waals surface area contributed by atoms with Crippen LogP contribution in [0, 0.1) is 0 Å². The lowest BCUT2D eigenvalue weighted by Gasteiger charge is -2.12. The number of aliphatic hydroxyl groups excluding tert-OH is 1. The maximum Gasteiger partial charge on any atom is 0.344 e. The molecule has 1 amide bonds. The number of aliphatic hydroxyl groups is 1. The fourth-order valence-electron chi connectivity index (χ4n) is 2.66. The number of ether oxygens (including phenoxy) is 3. The van der Waals surface area contributed by atoms with Crippen molar-refractivity contribution in [2.75, 3.05) is 20.3 Å². The predicted molar refractivity (Wildman–Crippen MR) is 121 cm³/mol. The summed E-state index contributed by atoms with van der Waals surface area (Å²) in [6.07, 6.45) is 2.56. The quantitative estimate of drug-likeness (QED) is 0.502. The molecule has 9 heteroatoms. The van der Waals surface area contributed by atoms with E-state index >= 15 is 0 Å². The molecule has 1 aromatic carbocycles. The Bertz CT molecular complexity index is 922. The van der Waals surface area contributed by atoms with Gasteiger partial charge in [-0.2, -0.15) is 0 Å². The molecule has 1 aliphatic heterocycles. The number of hydrogen-bond donors (Lipinski definition) is 1. The second-order valence-corrected chi connectivity index (χ2v) is 7.97. The molecule has 1 aliphatic rings. The molecule has 0 atom stereocenters. The molecule has 30 heavy (non-hydrogen) atoms. The maximum atomic E-state index is 12.4. The lowest BCUT2D eigenvalue weighted by molar-refractivity contribution is -0.138. The molecule has 0 aliphatic carbocycles. The van der Waals surface area contributed by atoms with Gasteiger partial charge in [-0.3, -0.25) is 4.79 Å². The minimum atomic E-state index is -0.722. The van der Waals surface area contributed by atoms with E-state index in [2.05, 4.69) is 20.9 Å². The van der Waals surface area contributed by atoms with Gasteiger partial charge in [0.1, 0.15) is 16.4 Å². The first kappa shape index (κ1) is 24.0. The minimum absolute atomic E-state index is 0.102. The lowest BCUT2D eigenvalue weighted by atomic mass is 10.1. The Morgan fingerprint density at radius 1 is 1.23 bits per heavy atom. The molecule has 1 N–H and O–H groups in total. The normalized spacial score (nSPS) is 16.3. The fraction of sp³-hybridized carbons (Fsp3) is 0.381. The van der Waals surface area contributed by atoms with E-state index in [1.165, 1.54) is 0 Å². The van der Waals surface area contributed by atoms with E-state index in [4.69, 9.17) is 14.2 Å². The van der Waals surface area contributed by atoms with Crippen LogP contribution in [0.4, 0.5) is 0 Å². The third-order valence-corrected chi connectivity index (χ3v) is 5.50. The molecule has 0 spiro atoms. The first-order valence-corrected chi connectivity index (χ1v) is 11.1. The average Bonchev–Trinajstić information content (AvgIpc) is 2.97. The molecule has 0 saturated carbocycles. The maximum absolute atomic E-state index is 12.4. The van der Waals surface area contributed by atoms with Crippen molar-refractivity contribution < 1.29 is 28.9 Å². The average molecular weight is 498 g/mol. The van der Waals surface area contributed by atoms with E-state index in [0.29, 0.717) is 39.5 Å². The molecule has 1 heterocycles. The monoisotopic (exact) mass is 497 g/mol. The van der Waals surface area contributed by atoms with Gasteiger partial charge in [0.15, 0.2) is 11.5 Å². The first-order valence-electron chi connectivity index (χ1n) is 9.48. The molecular weight excluding hydrogens is 474 g/mol. The van der Waals surface area contributed by atoms with Gasteiger partial charge in [-0.05, 0) is 60.0 Å². The molecule has 162 valence electrons. The van der Waals surface area contributed by atoms with Gasteiger partial charge in [-0.1, -0.05) is 18.7 Å². The highest BCUT2D eigenvalue weighted by molar-refractivity contribution is 9.10. The number of esters is 1. The highest BCUT2D eigenvalue weighted by Gasteiger charge is 2.33. The van der Waals surface area contributed by atoms with Crippen LogP contribution < -0.4 is 9.47 Å². The summed E-state index contributed by atoms with van der Waals surface area (Å²) >= 11 is 4.50. The van der Waals surface area contributed by atoms with E-state index in [0.717, 1.165) is 11.8 Å². The highest BCUT2D eigenvalue weighted by Crippen LogP contribution is 2.41. The van der Waals surface area contributed by atoms with Gasteiger partial charge in [0.05, 0.1) is 29.7 Å². The van der Waals surface area contributed by atoms with Crippen molar-refractivity contribution in [1.29, 1.82) is 0 Å². The van der Waals surface area contributed by atoms with Crippen LogP contribution in [0.5, 0.6) is 11.5 Å². The van der Waals surface area contributed by atoms with Gasteiger partial charge < -0.3 is 19.3 Å². The number of rotatable bonds is 8. The summed E-state index contributed by atoms with van der Waals surface area (Å²) in [4.78, 5) is 28.8. The van der Waals surface area contributed by atoms with E-state index in [-0.39, 0.29) is 35.3 Å². The number of hydrogen-bond acceptors (Lipinski definition) is 7. The van der Waals surface area contributed by atoms with Gasteiger partial charge in [0.2, 0.25) is 5.91 Å². The smallest absolute Gasteiger partial charge is 0.344 e. The van der Waals surface area contributed by atoms with Gasteiger partial charge in [0.25, 0.3) is 0 Å².